The molecule has 1 N–H and O–H groups in total. The molecule has 2 aromatic carbocycles. The Labute approximate surface area is 206 Å². The van der Waals surface area contributed by atoms with Gasteiger partial charge in [-0.25, -0.2) is 0 Å². The van der Waals surface area contributed by atoms with Gasteiger partial charge in [-0.05, 0) is 49.9 Å². The van der Waals surface area contributed by atoms with Crippen LogP contribution in [-0.2, 0) is 21.9 Å². The number of amides is 2. The summed E-state index contributed by atoms with van der Waals surface area (Å²) in [5, 5.41) is 3.92. The molecule has 2 rings (SSSR count). The van der Waals surface area contributed by atoms with Gasteiger partial charge in [0.05, 0.1) is 15.8 Å². The second-order valence-corrected chi connectivity index (χ2v) is 9.79. The lowest BCUT2D eigenvalue weighted by molar-refractivity contribution is -0.139. The van der Waals surface area contributed by atoms with Gasteiger partial charge in [0.25, 0.3) is 0 Å². The lowest BCUT2D eigenvalue weighted by atomic mass is 10.1. The zero-order valence-corrected chi connectivity index (χ0v) is 21.5. The molecular weight excluding hydrogens is 463 g/mol. The third-order valence-electron chi connectivity index (χ3n) is 5.34. The van der Waals surface area contributed by atoms with E-state index in [9.17, 15) is 9.59 Å². The van der Waals surface area contributed by atoms with E-state index in [0.717, 1.165) is 17.7 Å². The van der Waals surface area contributed by atoms with Crippen LogP contribution >= 0.6 is 35.0 Å². The molecule has 2 aromatic rings. The summed E-state index contributed by atoms with van der Waals surface area (Å²) in [6, 6.07) is 13.1. The van der Waals surface area contributed by atoms with Crippen LogP contribution in [0.15, 0.2) is 42.5 Å². The highest BCUT2D eigenvalue weighted by atomic mass is 35.5. The van der Waals surface area contributed by atoms with Gasteiger partial charge >= 0.3 is 0 Å². The third-order valence-corrected chi connectivity index (χ3v) is 7.07. The smallest absolute Gasteiger partial charge is 0.243 e. The van der Waals surface area contributed by atoms with E-state index >= 15 is 0 Å². The molecule has 2 unspecified atom stereocenters. The number of hydrogen-bond acceptors (Lipinski definition) is 3. The molecule has 7 heteroatoms. The fraction of sp³-hybridized carbons (Fsp3) is 0.440. The van der Waals surface area contributed by atoms with Crippen molar-refractivity contribution < 1.29 is 9.59 Å². The second-order valence-electron chi connectivity index (χ2n) is 7.99. The van der Waals surface area contributed by atoms with Gasteiger partial charge in [0.1, 0.15) is 6.04 Å². The average Bonchev–Trinajstić information content (AvgIpc) is 2.77. The van der Waals surface area contributed by atoms with E-state index in [4.69, 9.17) is 23.2 Å². The van der Waals surface area contributed by atoms with E-state index in [2.05, 4.69) is 36.5 Å². The fourth-order valence-electron chi connectivity index (χ4n) is 3.22. The normalized spacial score (nSPS) is 12.8. The maximum Gasteiger partial charge on any atom is 0.243 e. The number of thioether (sulfide) groups is 1. The van der Waals surface area contributed by atoms with Gasteiger partial charge in [-0.15, -0.1) is 11.8 Å². The lowest BCUT2D eigenvalue weighted by Crippen LogP contribution is -2.51. The van der Waals surface area contributed by atoms with Crippen molar-refractivity contribution in [1.29, 1.82) is 0 Å². The summed E-state index contributed by atoms with van der Waals surface area (Å²) >= 11 is 13.8. The van der Waals surface area contributed by atoms with Crippen molar-refractivity contribution >= 4 is 46.8 Å². The summed E-state index contributed by atoms with van der Waals surface area (Å²) < 4.78 is 0. The number of hydrogen-bond donors (Lipinski definition) is 1. The summed E-state index contributed by atoms with van der Waals surface area (Å²) in [5.74, 6) is 0.836. The van der Waals surface area contributed by atoms with Crippen LogP contribution in [0, 0.1) is 6.92 Å². The Balaban J connectivity index is 2.16. The zero-order chi connectivity index (χ0) is 23.7. The van der Waals surface area contributed by atoms with Crippen LogP contribution in [-0.4, -0.2) is 34.6 Å². The monoisotopic (exact) mass is 494 g/mol. The highest BCUT2D eigenvalue weighted by Crippen LogP contribution is 2.24. The van der Waals surface area contributed by atoms with E-state index in [1.807, 2.05) is 26.8 Å². The quantitative estimate of drug-likeness (QED) is 0.401. The predicted molar refractivity (Wildman–Crippen MR) is 136 cm³/mol. The molecule has 2 amide bonds. The Morgan fingerprint density at radius 3 is 2.25 bits per heavy atom. The molecule has 0 heterocycles. The first-order valence-corrected chi connectivity index (χ1v) is 12.8. The molecule has 32 heavy (non-hydrogen) atoms. The standard InChI is InChI=1S/C25H32Cl2N2O2S/c1-5-18(4)28-25(31)23(6-2)29(14-20-11-12-21(26)22(27)13-20)24(30)16-32-15-19-9-7-17(3)8-10-19/h7-13,18,23H,5-6,14-16H2,1-4H3,(H,28,31). The van der Waals surface area contributed by atoms with Gasteiger partial charge in [0.15, 0.2) is 0 Å². The minimum absolute atomic E-state index is 0.0504. The second kappa shape index (κ2) is 13.1. The number of carbonyl (C=O) groups excluding carboxylic acids is 2. The van der Waals surface area contributed by atoms with Crippen LogP contribution in [0.1, 0.15) is 50.3 Å². The molecule has 4 nitrogen and oxygen atoms in total. The number of rotatable bonds is 11. The minimum Gasteiger partial charge on any atom is -0.352 e. The van der Waals surface area contributed by atoms with Crippen LogP contribution in [0.25, 0.3) is 0 Å². The van der Waals surface area contributed by atoms with Crippen molar-refractivity contribution in [1.82, 2.24) is 10.2 Å². The maximum absolute atomic E-state index is 13.3. The average molecular weight is 496 g/mol. The van der Waals surface area contributed by atoms with E-state index in [0.29, 0.717) is 28.8 Å². The van der Waals surface area contributed by atoms with E-state index < -0.39 is 6.04 Å². The van der Waals surface area contributed by atoms with E-state index in [1.54, 1.807) is 28.8 Å². The first-order chi connectivity index (χ1) is 15.2. The van der Waals surface area contributed by atoms with Crippen LogP contribution < -0.4 is 5.32 Å². The number of benzene rings is 2. The number of nitrogens with zero attached hydrogens (tertiary/aromatic N) is 1. The molecule has 2 atom stereocenters. The SMILES string of the molecule is CCC(C)NC(=O)C(CC)N(Cc1ccc(Cl)c(Cl)c1)C(=O)CSCc1ccc(C)cc1. The predicted octanol–water partition coefficient (Wildman–Crippen LogP) is 6.26. The van der Waals surface area contributed by atoms with Gasteiger partial charge in [-0.2, -0.15) is 0 Å². The Bertz CT molecular complexity index is 905. The number of nitrogens with one attached hydrogen (secondary N) is 1. The molecule has 0 bridgehead atoms. The minimum atomic E-state index is -0.550. The largest absolute Gasteiger partial charge is 0.352 e. The summed E-state index contributed by atoms with van der Waals surface area (Å²) in [6.07, 6.45) is 1.35. The van der Waals surface area contributed by atoms with Crippen LogP contribution in [0.4, 0.5) is 0 Å². The van der Waals surface area contributed by atoms with Gasteiger partial charge < -0.3 is 10.2 Å². The van der Waals surface area contributed by atoms with Crippen molar-refractivity contribution in [2.75, 3.05) is 5.75 Å². The molecule has 0 fully saturated rings. The number of halogens is 2. The first kappa shape index (κ1) is 26.6. The molecule has 0 aromatic heterocycles. The molecule has 0 aliphatic heterocycles. The lowest BCUT2D eigenvalue weighted by Gasteiger charge is -2.31. The topological polar surface area (TPSA) is 49.4 Å². The van der Waals surface area contributed by atoms with Crippen LogP contribution in [0.2, 0.25) is 10.0 Å². The summed E-state index contributed by atoms with van der Waals surface area (Å²) in [5.41, 5.74) is 3.22. The summed E-state index contributed by atoms with van der Waals surface area (Å²) in [6.45, 7) is 8.26. The van der Waals surface area contributed by atoms with Crippen molar-refractivity contribution in [2.45, 2.75) is 64.9 Å². The molecule has 174 valence electrons. The zero-order valence-electron chi connectivity index (χ0n) is 19.2. The van der Waals surface area contributed by atoms with E-state index in [-0.39, 0.29) is 17.9 Å². The summed E-state index contributed by atoms with van der Waals surface area (Å²) in [4.78, 5) is 27.9. The summed E-state index contributed by atoms with van der Waals surface area (Å²) in [7, 11) is 0. The Hall–Kier alpha value is -1.69. The Morgan fingerprint density at radius 2 is 1.66 bits per heavy atom. The third kappa shape index (κ3) is 8.02. The molecule has 0 aliphatic carbocycles. The van der Waals surface area contributed by atoms with Crippen molar-refractivity contribution in [3.05, 3.63) is 69.2 Å². The molecule has 0 saturated carbocycles. The molecular formula is C25H32Cl2N2O2S. The van der Waals surface area contributed by atoms with Crippen molar-refractivity contribution in [3.63, 3.8) is 0 Å². The van der Waals surface area contributed by atoms with Gasteiger partial charge in [0, 0.05) is 18.3 Å². The first-order valence-electron chi connectivity index (χ1n) is 10.9. The molecule has 0 radical (unpaired) electrons. The van der Waals surface area contributed by atoms with Crippen LogP contribution in [0.3, 0.4) is 0 Å². The van der Waals surface area contributed by atoms with Crippen molar-refractivity contribution in [2.24, 2.45) is 0 Å². The maximum atomic E-state index is 13.3. The van der Waals surface area contributed by atoms with Crippen LogP contribution in [0.5, 0.6) is 0 Å². The number of aryl methyl sites for hydroxylation is 1. The van der Waals surface area contributed by atoms with E-state index in [1.165, 1.54) is 11.1 Å². The molecule has 0 spiro atoms. The van der Waals surface area contributed by atoms with Gasteiger partial charge in [-0.1, -0.05) is 72.9 Å². The Kier molecular flexibility index (Phi) is 10.9. The molecule has 0 saturated heterocycles. The van der Waals surface area contributed by atoms with Gasteiger partial charge in [-0.3, -0.25) is 9.59 Å². The van der Waals surface area contributed by atoms with Crippen molar-refractivity contribution in [3.8, 4) is 0 Å². The van der Waals surface area contributed by atoms with Gasteiger partial charge in [0.2, 0.25) is 11.8 Å². The Morgan fingerprint density at radius 1 is 1.00 bits per heavy atom. The fourth-order valence-corrected chi connectivity index (χ4v) is 4.41. The highest BCUT2D eigenvalue weighted by Gasteiger charge is 2.29. The molecule has 0 aliphatic rings. The number of carbonyl (C=O) groups is 2. The highest BCUT2D eigenvalue weighted by molar-refractivity contribution is 7.99.